The number of amides is 2. The third kappa shape index (κ3) is 3.75. The van der Waals surface area contributed by atoms with E-state index >= 15 is 0 Å². The van der Waals surface area contributed by atoms with Gasteiger partial charge in [-0.2, -0.15) is 0 Å². The summed E-state index contributed by atoms with van der Waals surface area (Å²) < 4.78 is 0. The highest BCUT2D eigenvalue weighted by Gasteiger charge is 2.15. The Balaban J connectivity index is 2.91. The SMILES string of the molecule is Cc1ccc(NC(=O)NC(C)C)c([N+](=O)[O-])c1. The summed E-state index contributed by atoms with van der Waals surface area (Å²) >= 11 is 0. The van der Waals surface area contributed by atoms with Gasteiger partial charge in [-0.25, -0.2) is 4.79 Å². The topological polar surface area (TPSA) is 84.3 Å². The second-order valence-electron chi connectivity index (χ2n) is 4.03. The minimum atomic E-state index is -0.516. The second-order valence-corrected chi connectivity index (χ2v) is 4.03. The minimum absolute atomic E-state index is 0.0282. The molecule has 0 saturated heterocycles. The fourth-order valence-corrected chi connectivity index (χ4v) is 1.32. The molecule has 0 spiro atoms. The predicted molar refractivity (Wildman–Crippen MR) is 65.1 cm³/mol. The number of aryl methyl sites for hydroxylation is 1. The average molecular weight is 237 g/mol. The van der Waals surface area contributed by atoms with Gasteiger partial charge in [-0.3, -0.25) is 10.1 Å². The van der Waals surface area contributed by atoms with Gasteiger partial charge in [0, 0.05) is 12.1 Å². The smallest absolute Gasteiger partial charge is 0.319 e. The quantitative estimate of drug-likeness (QED) is 0.625. The molecule has 2 amide bonds. The number of anilines is 1. The molecule has 0 unspecified atom stereocenters. The Morgan fingerprint density at radius 3 is 2.59 bits per heavy atom. The van der Waals surface area contributed by atoms with Crippen molar-refractivity contribution in [1.82, 2.24) is 5.32 Å². The van der Waals surface area contributed by atoms with E-state index in [2.05, 4.69) is 10.6 Å². The first-order valence-electron chi connectivity index (χ1n) is 5.22. The maximum absolute atomic E-state index is 11.4. The molecular weight excluding hydrogens is 222 g/mol. The predicted octanol–water partition coefficient (Wildman–Crippen LogP) is 2.43. The van der Waals surface area contributed by atoms with Crippen molar-refractivity contribution >= 4 is 17.4 Å². The molecule has 6 heteroatoms. The van der Waals surface area contributed by atoms with Crippen LogP contribution in [0.5, 0.6) is 0 Å². The summed E-state index contributed by atoms with van der Waals surface area (Å²) in [5.41, 5.74) is 0.856. The summed E-state index contributed by atoms with van der Waals surface area (Å²) in [5.74, 6) is 0. The van der Waals surface area contributed by atoms with Gasteiger partial charge in [0.25, 0.3) is 5.69 Å². The summed E-state index contributed by atoms with van der Waals surface area (Å²) in [6.45, 7) is 5.37. The first kappa shape index (κ1) is 13.0. The standard InChI is InChI=1S/C11H15N3O3/c1-7(2)12-11(15)13-9-5-4-8(3)6-10(9)14(16)17/h4-7H,1-3H3,(H2,12,13,15). The Morgan fingerprint density at radius 2 is 2.06 bits per heavy atom. The third-order valence-electron chi connectivity index (χ3n) is 2.02. The molecule has 1 rings (SSSR count). The molecule has 0 saturated carbocycles. The van der Waals surface area contributed by atoms with Crippen LogP contribution >= 0.6 is 0 Å². The maximum atomic E-state index is 11.4. The molecule has 0 heterocycles. The van der Waals surface area contributed by atoms with Crippen LogP contribution in [0.4, 0.5) is 16.2 Å². The number of urea groups is 1. The third-order valence-corrected chi connectivity index (χ3v) is 2.02. The Bertz CT molecular complexity index is 444. The number of nitrogens with zero attached hydrogens (tertiary/aromatic N) is 1. The molecule has 0 atom stereocenters. The first-order valence-corrected chi connectivity index (χ1v) is 5.22. The highest BCUT2D eigenvalue weighted by atomic mass is 16.6. The van der Waals surface area contributed by atoms with Crippen molar-refractivity contribution in [2.24, 2.45) is 0 Å². The van der Waals surface area contributed by atoms with Gasteiger partial charge >= 0.3 is 6.03 Å². The Hall–Kier alpha value is -2.11. The lowest BCUT2D eigenvalue weighted by Crippen LogP contribution is -2.34. The van der Waals surface area contributed by atoms with Crippen LogP contribution < -0.4 is 10.6 Å². The maximum Gasteiger partial charge on any atom is 0.319 e. The molecule has 0 bridgehead atoms. The summed E-state index contributed by atoms with van der Waals surface area (Å²) in [4.78, 5) is 21.7. The van der Waals surface area contributed by atoms with E-state index < -0.39 is 11.0 Å². The highest BCUT2D eigenvalue weighted by molar-refractivity contribution is 5.91. The fourth-order valence-electron chi connectivity index (χ4n) is 1.32. The molecule has 92 valence electrons. The van der Waals surface area contributed by atoms with E-state index in [1.807, 2.05) is 13.8 Å². The van der Waals surface area contributed by atoms with Crippen molar-refractivity contribution in [2.75, 3.05) is 5.32 Å². The number of carbonyl (C=O) groups excluding carboxylic acids is 1. The van der Waals surface area contributed by atoms with Gasteiger partial charge in [0.2, 0.25) is 0 Å². The zero-order chi connectivity index (χ0) is 13.0. The molecule has 1 aromatic rings. The molecule has 17 heavy (non-hydrogen) atoms. The van der Waals surface area contributed by atoms with E-state index in [0.29, 0.717) is 0 Å². The lowest BCUT2D eigenvalue weighted by Gasteiger charge is -2.10. The van der Waals surface area contributed by atoms with Crippen LogP contribution in [0.25, 0.3) is 0 Å². The number of hydrogen-bond acceptors (Lipinski definition) is 3. The van der Waals surface area contributed by atoms with Crippen LogP contribution in [0.2, 0.25) is 0 Å². The Morgan fingerprint density at radius 1 is 1.41 bits per heavy atom. The minimum Gasteiger partial charge on any atom is -0.336 e. The van der Waals surface area contributed by atoms with Crippen LogP contribution in [0.1, 0.15) is 19.4 Å². The summed E-state index contributed by atoms with van der Waals surface area (Å²) in [5, 5.41) is 15.9. The Kier molecular flexibility index (Phi) is 4.03. The molecule has 0 aliphatic heterocycles. The van der Waals surface area contributed by atoms with Crippen LogP contribution in [0.3, 0.4) is 0 Å². The summed E-state index contributed by atoms with van der Waals surface area (Å²) in [7, 11) is 0. The molecule has 0 aliphatic carbocycles. The number of nitro groups is 1. The first-order chi connectivity index (χ1) is 7.90. The van der Waals surface area contributed by atoms with E-state index in [-0.39, 0.29) is 17.4 Å². The number of nitrogens with one attached hydrogen (secondary N) is 2. The van der Waals surface area contributed by atoms with E-state index in [0.717, 1.165) is 5.56 Å². The van der Waals surface area contributed by atoms with Gasteiger partial charge in [0.1, 0.15) is 5.69 Å². The molecule has 0 aromatic heterocycles. The van der Waals surface area contributed by atoms with E-state index in [1.54, 1.807) is 13.0 Å². The van der Waals surface area contributed by atoms with Crippen LogP contribution in [0, 0.1) is 17.0 Å². The van der Waals surface area contributed by atoms with Gasteiger partial charge in [-0.15, -0.1) is 0 Å². The van der Waals surface area contributed by atoms with Crippen molar-refractivity contribution in [3.05, 3.63) is 33.9 Å². The Labute approximate surface area is 99.2 Å². The van der Waals surface area contributed by atoms with Crippen LogP contribution in [0.15, 0.2) is 18.2 Å². The largest absolute Gasteiger partial charge is 0.336 e. The molecule has 0 radical (unpaired) electrons. The number of benzene rings is 1. The van der Waals surface area contributed by atoms with Crippen molar-refractivity contribution in [3.8, 4) is 0 Å². The molecule has 1 aromatic carbocycles. The number of hydrogen-bond donors (Lipinski definition) is 2. The van der Waals surface area contributed by atoms with Gasteiger partial charge in [-0.05, 0) is 32.4 Å². The fraction of sp³-hybridized carbons (Fsp3) is 0.364. The number of nitro benzene ring substituents is 1. The molecule has 6 nitrogen and oxygen atoms in total. The second kappa shape index (κ2) is 5.29. The van der Waals surface area contributed by atoms with Gasteiger partial charge in [0.05, 0.1) is 4.92 Å². The van der Waals surface area contributed by atoms with Gasteiger partial charge in [0.15, 0.2) is 0 Å². The number of carbonyl (C=O) groups is 1. The van der Waals surface area contributed by atoms with E-state index in [1.165, 1.54) is 12.1 Å². The van der Waals surface area contributed by atoms with Crippen LogP contribution in [-0.2, 0) is 0 Å². The molecule has 0 aliphatic rings. The number of rotatable bonds is 3. The lowest BCUT2D eigenvalue weighted by molar-refractivity contribution is -0.384. The zero-order valence-corrected chi connectivity index (χ0v) is 9.98. The molecular formula is C11H15N3O3. The average Bonchev–Trinajstić information content (AvgIpc) is 2.19. The van der Waals surface area contributed by atoms with Gasteiger partial charge in [-0.1, -0.05) is 6.07 Å². The van der Waals surface area contributed by atoms with Crippen molar-refractivity contribution in [2.45, 2.75) is 26.8 Å². The van der Waals surface area contributed by atoms with E-state index in [4.69, 9.17) is 0 Å². The molecule has 2 N–H and O–H groups in total. The summed E-state index contributed by atoms with van der Waals surface area (Å²) in [6.07, 6.45) is 0. The lowest BCUT2D eigenvalue weighted by atomic mass is 10.2. The molecule has 0 fully saturated rings. The van der Waals surface area contributed by atoms with Crippen molar-refractivity contribution in [3.63, 3.8) is 0 Å². The normalized spacial score (nSPS) is 10.1. The van der Waals surface area contributed by atoms with Crippen molar-refractivity contribution in [1.29, 1.82) is 0 Å². The zero-order valence-electron chi connectivity index (χ0n) is 9.98. The summed E-state index contributed by atoms with van der Waals surface area (Å²) in [6, 6.07) is 4.17. The highest BCUT2D eigenvalue weighted by Crippen LogP contribution is 2.25. The monoisotopic (exact) mass is 237 g/mol. The van der Waals surface area contributed by atoms with Crippen molar-refractivity contribution < 1.29 is 9.72 Å². The van der Waals surface area contributed by atoms with E-state index in [9.17, 15) is 14.9 Å². The van der Waals surface area contributed by atoms with Gasteiger partial charge < -0.3 is 10.6 Å². The van der Waals surface area contributed by atoms with Crippen LogP contribution in [-0.4, -0.2) is 17.0 Å².